The van der Waals surface area contributed by atoms with Crippen molar-refractivity contribution in [1.29, 1.82) is 0 Å². The Morgan fingerprint density at radius 1 is 0.727 bits per heavy atom. The molecule has 0 spiro atoms. The van der Waals surface area contributed by atoms with E-state index in [4.69, 9.17) is 22.9 Å². The van der Waals surface area contributed by atoms with Gasteiger partial charge in [0, 0.05) is 31.7 Å². The molecule has 23 nitrogen and oxygen atoms in total. The maximum Gasteiger partial charge on any atom is 0.327 e. The van der Waals surface area contributed by atoms with Gasteiger partial charge in [0.15, 0.2) is 5.96 Å². The number of nitrogens with two attached hydrogens (primary N) is 4. The number of hydrogen-bond donors (Lipinski definition) is 13. The zero-order valence-corrected chi connectivity index (χ0v) is 37.5. The molecule has 24 heteroatoms. The fourth-order valence-corrected chi connectivity index (χ4v) is 7.04. The van der Waals surface area contributed by atoms with Crippen molar-refractivity contribution in [3.8, 4) is 5.75 Å². The molecule has 0 unspecified atom stereocenters. The summed E-state index contributed by atoms with van der Waals surface area (Å²) in [5.74, 6) is -8.53. The lowest BCUT2D eigenvalue weighted by atomic mass is 10.0. The average molecular weight is 941 g/mol. The number of aromatic hydroxyl groups is 1. The Labute approximate surface area is 386 Å². The number of carbonyl (C=O) groups is 9. The minimum absolute atomic E-state index is 0.0120. The second-order valence-corrected chi connectivity index (χ2v) is 16.1. The van der Waals surface area contributed by atoms with Gasteiger partial charge in [-0.05, 0) is 62.8 Å². The number of guanidine groups is 1. The van der Waals surface area contributed by atoms with Crippen molar-refractivity contribution in [2.45, 2.75) is 107 Å². The number of nitrogens with zero attached hydrogens (tertiary/aromatic N) is 2. The number of carboxylic acids is 1. The molecular formula is C42H60N12O11S. The molecule has 1 aliphatic rings. The van der Waals surface area contributed by atoms with Gasteiger partial charge in [-0.3, -0.25) is 43.3 Å². The number of likely N-dealkylation sites (tertiary alicyclic amines) is 1. The first-order valence-electron chi connectivity index (χ1n) is 21.1. The molecule has 2 aromatic carbocycles. The number of nitrogens with one attached hydrogen (secondary N) is 6. The van der Waals surface area contributed by atoms with E-state index in [1.165, 1.54) is 43.0 Å². The first-order valence-corrected chi connectivity index (χ1v) is 21.7. The van der Waals surface area contributed by atoms with Gasteiger partial charge in [0.1, 0.15) is 48.0 Å². The van der Waals surface area contributed by atoms with Crippen LogP contribution in [0, 0.1) is 0 Å². The maximum atomic E-state index is 14.6. The molecule has 8 amide bonds. The molecule has 1 saturated heterocycles. The van der Waals surface area contributed by atoms with Gasteiger partial charge in [0.25, 0.3) is 0 Å². The fraction of sp³-hybridized carbons (Fsp3) is 0.476. The second kappa shape index (κ2) is 26.1. The molecule has 1 aliphatic heterocycles. The van der Waals surface area contributed by atoms with E-state index in [9.17, 15) is 53.4 Å². The summed E-state index contributed by atoms with van der Waals surface area (Å²) in [7, 11) is 0. The summed E-state index contributed by atoms with van der Waals surface area (Å²) in [4.78, 5) is 124. The lowest BCUT2D eigenvalue weighted by molar-refractivity contribution is -0.143. The van der Waals surface area contributed by atoms with Gasteiger partial charge >= 0.3 is 5.97 Å². The molecule has 0 aromatic heterocycles. The zero-order chi connectivity index (χ0) is 49.1. The van der Waals surface area contributed by atoms with Crippen molar-refractivity contribution in [2.75, 3.05) is 18.8 Å². The van der Waals surface area contributed by atoms with Crippen LogP contribution in [0.25, 0.3) is 0 Å². The Morgan fingerprint density at radius 2 is 1.29 bits per heavy atom. The minimum Gasteiger partial charge on any atom is -0.508 e. The number of phenols is 1. The molecule has 0 bridgehead atoms. The van der Waals surface area contributed by atoms with E-state index in [1.807, 2.05) is 0 Å². The summed E-state index contributed by atoms with van der Waals surface area (Å²) in [6, 6.07) is 3.88. The molecule has 66 heavy (non-hydrogen) atoms. The Balaban J connectivity index is 1.95. The van der Waals surface area contributed by atoms with Crippen LogP contribution in [0.2, 0.25) is 0 Å². The van der Waals surface area contributed by atoms with Crippen molar-refractivity contribution in [2.24, 2.45) is 27.9 Å². The Hall–Kier alpha value is -6.95. The van der Waals surface area contributed by atoms with E-state index in [1.54, 1.807) is 30.3 Å². The van der Waals surface area contributed by atoms with E-state index in [0.29, 0.717) is 17.5 Å². The van der Waals surface area contributed by atoms with E-state index >= 15 is 0 Å². The van der Waals surface area contributed by atoms with Crippen molar-refractivity contribution < 1.29 is 53.4 Å². The first kappa shape index (κ1) is 53.4. The number of aliphatic carboxylic acids is 1. The zero-order valence-electron chi connectivity index (χ0n) is 36.6. The predicted octanol–water partition coefficient (Wildman–Crippen LogP) is -3.61. The van der Waals surface area contributed by atoms with Gasteiger partial charge < -0.3 is 69.9 Å². The Bertz CT molecular complexity index is 2070. The van der Waals surface area contributed by atoms with E-state index < -0.39 is 108 Å². The molecule has 1 heterocycles. The predicted molar refractivity (Wildman–Crippen MR) is 243 cm³/mol. The van der Waals surface area contributed by atoms with Crippen LogP contribution in [-0.2, 0) is 56.0 Å². The highest BCUT2D eigenvalue weighted by Gasteiger charge is 2.40. The highest BCUT2D eigenvalue weighted by Crippen LogP contribution is 2.21. The molecule has 2 aromatic rings. The smallest absolute Gasteiger partial charge is 0.327 e. The average Bonchev–Trinajstić information content (AvgIpc) is 3.76. The summed E-state index contributed by atoms with van der Waals surface area (Å²) in [6.45, 7) is 2.88. The molecule has 0 aliphatic carbocycles. The quantitative estimate of drug-likeness (QED) is 0.0198. The van der Waals surface area contributed by atoms with Crippen LogP contribution in [0.3, 0.4) is 0 Å². The molecule has 1 fully saturated rings. The molecular weight excluding hydrogens is 881 g/mol. The van der Waals surface area contributed by atoms with Crippen LogP contribution in [0.4, 0.5) is 0 Å². The third kappa shape index (κ3) is 17.2. The van der Waals surface area contributed by atoms with Gasteiger partial charge in [-0.2, -0.15) is 12.6 Å². The monoisotopic (exact) mass is 940 g/mol. The van der Waals surface area contributed by atoms with Crippen LogP contribution in [0.5, 0.6) is 5.75 Å². The Kier molecular flexibility index (Phi) is 21.1. The van der Waals surface area contributed by atoms with Crippen molar-refractivity contribution in [3.63, 3.8) is 0 Å². The fourth-order valence-electron chi connectivity index (χ4n) is 6.79. The maximum absolute atomic E-state index is 14.6. The van der Waals surface area contributed by atoms with Crippen molar-refractivity contribution >= 4 is 71.8 Å². The summed E-state index contributed by atoms with van der Waals surface area (Å²) < 4.78 is 0. The van der Waals surface area contributed by atoms with Crippen LogP contribution in [0.1, 0.15) is 57.1 Å². The number of primary amides is 1. The largest absolute Gasteiger partial charge is 0.508 e. The summed E-state index contributed by atoms with van der Waals surface area (Å²) >= 11 is 3.99. The standard InChI is InChI=1S/C42H60N12O11S/c1-22(43)34(57)48-23(2)35(58)50-29(20-33(44)56)38(61)51-28(18-25-12-14-26(55)15-13-25)37(60)52-30(19-24-8-4-3-5-9-24)40(63)54-17-7-11-32(54)39(62)49-27(10-6-16-47-42(45)46)36(59)53-31(21-66)41(64)65/h3-5,8-9,12-15,22-23,27-32,55,66H,6-7,10-11,16-21,43H2,1-2H3,(H2,44,56)(H,48,57)(H,49,62)(H,50,58)(H,51,61)(H,52,60)(H,53,59)(H,64,65)(H4,45,46,47)/t22-,23-,27-,28-,29-,30-,31-,32-/m0/s1. The van der Waals surface area contributed by atoms with Crippen LogP contribution >= 0.6 is 12.6 Å². The van der Waals surface area contributed by atoms with Crippen LogP contribution in [-0.4, -0.2) is 141 Å². The molecule has 8 atom stereocenters. The van der Waals surface area contributed by atoms with E-state index in [-0.39, 0.29) is 62.7 Å². The normalized spacial score (nSPS) is 16.4. The van der Waals surface area contributed by atoms with Gasteiger partial charge in [0.05, 0.1) is 12.5 Å². The summed E-state index contributed by atoms with van der Waals surface area (Å²) in [6.07, 6.45) is -0.297. The number of rotatable bonds is 25. The highest BCUT2D eigenvalue weighted by atomic mass is 32.1. The number of phenolic OH excluding ortho intramolecular Hbond substituents is 1. The lowest BCUT2D eigenvalue weighted by Gasteiger charge is -2.31. The van der Waals surface area contributed by atoms with Gasteiger partial charge in [0.2, 0.25) is 47.3 Å². The number of thiol groups is 1. The SMILES string of the molecule is C[C@H](N)C(=O)N[C@@H](C)C(=O)N[C@@H](CC(N)=O)C(=O)N[C@@H](Cc1ccc(O)cc1)C(=O)N[C@@H](Cc1ccccc1)C(=O)N1CCC[C@H]1C(=O)N[C@@H](CCCN=C(N)N)C(=O)N[C@@H](CS)C(=O)O. The van der Waals surface area contributed by atoms with Crippen LogP contribution in [0.15, 0.2) is 59.6 Å². The lowest BCUT2D eigenvalue weighted by Crippen LogP contribution is -2.60. The minimum atomic E-state index is -1.63. The van der Waals surface area contributed by atoms with Crippen LogP contribution < -0.4 is 54.8 Å². The molecule has 0 saturated carbocycles. The molecule has 360 valence electrons. The summed E-state index contributed by atoms with van der Waals surface area (Å²) in [5.41, 5.74) is 22.9. The summed E-state index contributed by atoms with van der Waals surface area (Å²) in [5, 5.41) is 34.4. The molecule has 0 radical (unpaired) electrons. The number of carbonyl (C=O) groups excluding carboxylic acids is 8. The number of aliphatic imine (C=N–C) groups is 1. The van der Waals surface area contributed by atoms with Gasteiger partial charge in [-0.15, -0.1) is 0 Å². The van der Waals surface area contributed by atoms with Gasteiger partial charge in [-0.1, -0.05) is 42.5 Å². The third-order valence-electron chi connectivity index (χ3n) is 10.3. The van der Waals surface area contributed by atoms with Gasteiger partial charge in [-0.25, -0.2) is 4.79 Å². The molecule has 3 rings (SSSR count). The second-order valence-electron chi connectivity index (χ2n) is 15.7. The topological polar surface area (TPSA) is 386 Å². The number of hydrogen-bond acceptors (Lipinski definition) is 13. The number of benzene rings is 2. The van der Waals surface area contributed by atoms with E-state index in [0.717, 1.165) is 0 Å². The number of amides is 8. The third-order valence-corrected chi connectivity index (χ3v) is 10.7. The first-order chi connectivity index (χ1) is 31.2. The van der Waals surface area contributed by atoms with Crippen molar-refractivity contribution in [3.05, 3.63) is 65.7 Å². The van der Waals surface area contributed by atoms with E-state index in [2.05, 4.69) is 49.5 Å². The van der Waals surface area contributed by atoms with Crippen molar-refractivity contribution in [1.82, 2.24) is 36.8 Å². The highest BCUT2D eigenvalue weighted by molar-refractivity contribution is 7.80. The number of carboxylic acid groups (broad SMARTS) is 1. The molecule has 16 N–H and O–H groups in total. The Morgan fingerprint density at radius 3 is 1.88 bits per heavy atom.